The first-order chi connectivity index (χ1) is 12.6. The fourth-order valence-corrected chi connectivity index (χ4v) is 3.68. The number of hydrogen-bond donors (Lipinski definition) is 2. The van der Waals surface area contributed by atoms with Crippen molar-refractivity contribution in [2.24, 2.45) is 0 Å². The molecule has 1 saturated heterocycles. The van der Waals surface area contributed by atoms with Crippen molar-refractivity contribution in [1.82, 2.24) is 20.7 Å². The Labute approximate surface area is 151 Å². The summed E-state index contributed by atoms with van der Waals surface area (Å²) in [5.74, 6) is 0.620. The number of aryl methyl sites for hydroxylation is 3. The van der Waals surface area contributed by atoms with Crippen molar-refractivity contribution in [1.29, 1.82) is 0 Å². The van der Waals surface area contributed by atoms with E-state index in [9.17, 15) is 4.79 Å². The number of H-pyrrole nitrogens is 1. The normalized spacial score (nSPS) is 22.4. The monoisotopic (exact) mass is 360 g/mol. The predicted octanol–water partition coefficient (Wildman–Crippen LogP) is 1.61. The number of ether oxygens (including phenoxy) is 2. The summed E-state index contributed by atoms with van der Waals surface area (Å²) in [5, 5.41) is 14.2. The number of nitrogens with zero attached hydrogens (tertiary/aromatic N) is 2. The van der Waals surface area contributed by atoms with Gasteiger partial charge in [-0.3, -0.25) is 9.89 Å². The number of aromatic nitrogens is 3. The van der Waals surface area contributed by atoms with E-state index in [1.54, 1.807) is 0 Å². The highest BCUT2D eigenvalue weighted by molar-refractivity contribution is 5.94. The number of carbonyl (C=O) groups is 1. The number of aromatic amines is 1. The Morgan fingerprint density at radius 1 is 1.38 bits per heavy atom. The number of nitrogens with one attached hydrogen (secondary N) is 2. The minimum Gasteiger partial charge on any atom is -0.379 e. The molecule has 8 nitrogen and oxygen atoms in total. The predicted molar refractivity (Wildman–Crippen MR) is 91.9 cm³/mol. The number of amides is 1. The largest absolute Gasteiger partial charge is 0.379 e. The first-order valence-electron chi connectivity index (χ1n) is 9.11. The van der Waals surface area contributed by atoms with E-state index in [0.717, 1.165) is 47.5 Å². The average molecular weight is 360 g/mol. The van der Waals surface area contributed by atoms with Crippen LogP contribution in [-0.2, 0) is 28.9 Å². The summed E-state index contributed by atoms with van der Waals surface area (Å²) in [4.78, 5) is 12.7. The molecule has 0 bridgehead atoms. The van der Waals surface area contributed by atoms with Crippen molar-refractivity contribution in [3.63, 3.8) is 0 Å². The van der Waals surface area contributed by atoms with Crippen molar-refractivity contribution in [2.75, 3.05) is 13.2 Å². The molecule has 1 aliphatic heterocycles. The van der Waals surface area contributed by atoms with Crippen molar-refractivity contribution in [2.45, 2.75) is 58.3 Å². The molecule has 0 unspecified atom stereocenters. The SMILES string of the molecule is Cc1noc(C)c1CO[C@@H]1COCC[C@H]1NC(=O)c1n[nH]c2c1CCC2. The van der Waals surface area contributed by atoms with Gasteiger partial charge < -0.3 is 19.3 Å². The van der Waals surface area contributed by atoms with Crippen LogP contribution < -0.4 is 5.32 Å². The van der Waals surface area contributed by atoms with E-state index in [-0.39, 0.29) is 18.1 Å². The first-order valence-corrected chi connectivity index (χ1v) is 9.11. The molecular weight excluding hydrogens is 336 g/mol. The zero-order valence-corrected chi connectivity index (χ0v) is 15.1. The zero-order valence-electron chi connectivity index (χ0n) is 15.1. The third kappa shape index (κ3) is 3.26. The Kier molecular flexibility index (Phi) is 4.78. The maximum absolute atomic E-state index is 12.7. The topological polar surface area (TPSA) is 102 Å². The fourth-order valence-electron chi connectivity index (χ4n) is 3.68. The van der Waals surface area contributed by atoms with Gasteiger partial charge in [0.1, 0.15) is 11.9 Å². The zero-order chi connectivity index (χ0) is 18.1. The molecule has 140 valence electrons. The van der Waals surface area contributed by atoms with Gasteiger partial charge in [-0.2, -0.15) is 5.10 Å². The average Bonchev–Trinajstić information content (AvgIpc) is 3.31. The summed E-state index contributed by atoms with van der Waals surface area (Å²) in [7, 11) is 0. The van der Waals surface area contributed by atoms with Crippen LogP contribution in [0.15, 0.2) is 4.52 Å². The Morgan fingerprint density at radius 2 is 2.27 bits per heavy atom. The lowest BCUT2D eigenvalue weighted by Gasteiger charge is -2.32. The fraction of sp³-hybridized carbons (Fsp3) is 0.611. The van der Waals surface area contributed by atoms with E-state index < -0.39 is 0 Å². The van der Waals surface area contributed by atoms with Crippen molar-refractivity contribution in [3.05, 3.63) is 34.0 Å². The lowest BCUT2D eigenvalue weighted by Crippen LogP contribution is -2.50. The lowest BCUT2D eigenvalue weighted by atomic mass is 10.0. The molecule has 0 saturated carbocycles. The molecule has 2 aliphatic rings. The minimum absolute atomic E-state index is 0.106. The summed E-state index contributed by atoms with van der Waals surface area (Å²) >= 11 is 0. The highest BCUT2D eigenvalue weighted by atomic mass is 16.5. The van der Waals surface area contributed by atoms with Crippen molar-refractivity contribution in [3.8, 4) is 0 Å². The van der Waals surface area contributed by atoms with Gasteiger partial charge in [0.25, 0.3) is 5.91 Å². The van der Waals surface area contributed by atoms with Gasteiger partial charge in [-0.15, -0.1) is 0 Å². The van der Waals surface area contributed by atoms with E-state index in [1.807, 2.05) is 13.8 Å². The van der Waals surface area contributed by atoms with Crippen LogP contribution in [0, 0.1) is 13.8 Å². The lowest BCUT2D eigenvalue weighted by molar-refractivity contribution is -0.0739. The molecule has 3 heterocycles. The van der Waals surface area contributed by atoms with E-state index in [2.05, 4.69) is 20.7 Å². The van der Waals surface area contributed by atoms with Gasteiger partial charge in [0.2, 0.25) is 0 Å². The molecule has 1 amide bonds. The number of carbonyl (C=O) groups excluding carboxylic acids is 1. The molecule has 1 aliphatic carbocycles. The van der Waals surface area contributed by atoms with Gasteiger partial charge in [0, 0.05) is 23.4 Å². The number of hydrogen-bond acceptors (Lipinski definition) is 6. The molecule has 2 N–H and O–H groups in total. The molecule has 26 heavy (non-hydrogen) atoms. The second-order valence-corrected chi connectivity index (χ2v) is 6.98. The van der Waals surface area contributed by atoms with Crippen LogP contribution in [0.25, 0.3) is 0 Å². The summed E-state index contributed by atoms with van der Waals surface area (Å²) in [6, 6.07) is -0.106. The van der Waals surface area contributed by atoms with Gasteiger partial charge in [0.15, 0.2) is 5.69 Å². The van der Waals surface area contributed by atoms with Crippen LogP contribution in [-0.4, -0.2) is 46.6 Å². The Morgan fingerprint density at radius 3 is 3.08 bits per heavy atom. The van der Waals surface area contributed by atoms with Crippen molar-refractivity contribution >= 4 is 5.91 Å². The summed E-state index contributed by atoms with van der Waals surface area (Å²) < 4.78 is 16.8. The molecular formula is C18H24N4O4. The van der Waals surface area contributed by atoms with E-state index in [0.29, 0.717) is 31.9 Å². The number of rotatable bonds is 5. The maximum atomic E-state index is 12.7. The van der Waals surface area contributed by atoms with Gasteiger partial charge in [-0.25, -0.2) is 0 Å². The van der Waals surface area contributed by atoms with Gasteiger partial charge in [-0.05, 0) is 39.5 Å². The summed E-state index contributed by atoms with van der Waals surface area (Å²) in [5.41, 5.74) is 4.45. The van der Waals surface area contributed by atoms with E-state index >= 15 is 0 Å². The smallest absolute Gasteiger partial charge is 0.272 e. The van der Waals surface area contributed by atoms with Crippen LogP contribution in [0.1, 0.15) is 51.6 Å². The van der Waals surface area contributed by atoms with Crippen LogP contribution in [0.2, 0.25) is 0 Å². The van der Waals surface area contributed by atoms with Crippen LogP contribution in [0.4, 0.5) is 0 Å². The highest BCUT2D eigenvalue weighted by Crippen LogP contribution is 2.23. The number of fused-ring (bicyclic) bond motifs is 1. The Balaban J connectivity index is 1.41. The molecule has 0 spiro atoms. The summed E-state index contributed by atoms with van der Waals surface area (Å²) in [6.07, 6.45) is 3.45. The molecule has 4 rings (SSSR count). The molecule has 2 aromatic rings. The second-order valence-electron chi connectivity index (χ2n) is 6.98. The first kappa shape index (κ1) is 17.2. The van der Waals surface area contributed by atoms with Crippen LogP contribution in [0.3, 0.4) is 0 Å². The molecule has 8 heteroatoms. The maximum Gasteiger partial charge on any atom is 0.272 e. The molecule has 0 radical (unpaired) electrons. The van der Waals surface area contributed by atoms with Crippen LogP contribution >= 0.6 is 0 Å². The molecule has 0 aromatic carbocycles. The van der Waals surface area contributed by atoms with Gasteiger partial charge in [0.05, 0.1) is 24.9 Å². The third-order valence-electron chi connectivity index (χ3n) is 5.26. The second kappa shape index (κ2) is 7.20. The molecule has 2 aromatic heterocycles. The Bertz CT molecular complexity index is 778. The van der Waals surface area contributed by atoms with Crippen LogP contribution in [0.5, 0.6) is 0 Å². The van der Waals surface area contributed by atoms with E-state index in [4.69, 9.17) is 14.0 Å². The van der Waals surface area contributed by atoms with Gasteiger partial charge in [-0.1, -0.05) is 5.16 Å². The molecule has 2 atom stereocenters. The van der Waals surface area contributed by atoms with Crippen molar-refractivity contribution < 1.29 is 18.8 Å². The van der Waals surface area contributed by atoms with E-state index in [1.165, 1.54) is 0 Å². The third-order valence-corrected chi connectivity index (χ3v) is 5.26. The Hall–Kier alpha value is -2.19. The quantitative estimate of drug-likeness (QED) is 0.840. The summed E-state index contributed by atoms with van der Waals surface area (Å²) in [6.45, 7) is 5.21. The highest BCUT2D eigenvalue weighted by Gasteiger charge is 2.31. The molecule has 1 fully saturated rings. The standard InChI is InChI=1S/C18H24N4O4/c1-10-13(11(2)26-22-10)8-25-16-9-24-7-6-15(16)19-18(23)17-12-4-3-5-14(12)20-21-17/h15-16H,3-9H2,1-2H3,(H,19,23)(H,20,21)/t15-,16-/m1/s1. The van der Waals surface area contributed by atoms with Gasteiger partial charge >= 0.3 is 0 Å². The minimum atomic E-state index is -0.214.